The number of halogens is 1. The highest BCUT2D eigenvalue weighted by atomic mass is 79.9. The van der Waals surface area contributed by atoms with Gasteiger partial charge in [-0.1, -0.05) is 40.2 Å². The first-order valence-corrected chi connectivity index (χ1v) is 6.83. The molecule has 0 aliphatic carbocycles. The summed E-state index contributed by atoms with van der Waals surface area (Å²) in [6.07, 6.45) is -0.444. The molecule has 0 saturated carbocycles. The van der Waals surface area contributed by atoms with E-state index in [-0.39, 0.29) is 0 Å². The number of fused-ring (bicyclic) bond motifs is 1. The Hall–Kier alpha value is -1.55. The van der Waals surface area contributed by atoms with E-state index in [9.17, 15) is 4.79 Å². The molecule has 0 fully saturated rings. The highest BCUT2D eigenvalue weighted by Crippen LogP contribution is 2.30. The second-order valence-corrected chi connectivity index (χ2v) is 6.12. The van der Waals surface area contributed by atoms with E-state index in [0.717, 1.165) is 20.9 Å². The Labute approximate surface area is 121 Å². The van der Waals surface area contributed by atoms with Crippen LogP contribution in [-0.4, -0.2) is 11.7 Å². The summed E-state index contributed by atoms with van der Waals surface area (Å²) in [5.74, 6) is 0. The fourth-order valence-electron chi connectivity index (χ4n) is 1.78. The fraction of sp³-hybridized carbons (Fsp3) is 0.267. The van der Waals surface area contributed by atoms with Crippen LogP contribution in [0.5, 0.6) is 0 Å². The molecule has 4 heteroatoms. The van der Waals surface area contributed by atoms with E-state index < -0.39 is 11.7 Å². The van der Waals surface area contributed by atoms with Crippen molar-refractivity contribution in [2.24, 2.45) is 0 Å². The Bertz CT molecular complexity index is 617. The molecule has 2 aromatic rings. The maximum absolute atomic E-state index is 11.8. The third kappa shape index (κ3) is 3.47. The monoisotopic (exact) mass is 321 g/mol. The van der Waals surface area contributed by atoms with E-state index in [2.05, 4.69) is 21.2 Å². The molecule has 2 rings (SSSR count). The molecule has 0 unspecified atom stereocenters. The number of hydrogen-bond acceptors (Lipinski definition) is 2. The summed E-state index contributed by atoms with van der Waals surface area (Å²) in [6, 6.07) is 11.6. The molecule has 0 spiro atoms. The van der Waals surface area contributed by atoms with Gasteiger partial charge in [0.2, 0.25) is 0 Å². The smallest absolute Gasteiger partial charge is 0.412 e. The number of anilines is 1. The molecule has 1 N–H and O–H groups in total. The second kappa shape index (κ2) is 5.21. The van der Waals surface area contributed by atoms with Crippen molar-refractivity contribution in [1.82, 2.24) is 0 Å². The van der Waals surface area contributed by atoms with Crippen LogP contribution in [0.2, 0.25) is 0 Å². The van der Waals surface area contributed by atoms with Gasteiger partial charge in [-0.2, -0.15) is 0 Å². The largest absolute Gasteiger partial charge is 0.444 e. The zero-order valence-electron chi connectivity index (χ0n) is 11.2. The van der Waals surface area contributed by atoms with Gasteiger partial charge in [-0.25, -0.2) is 4.79 Å². The van der Waals surface area contributed by atoms with E-state index in [1.807, 2.05) is 57.2 Å². The van der Waals surface area contributed by atoms with E-state index in [1.54, 1.807) is 0 Å². The molecule has 0 radical (unpaired) electrons. The molecule has 1 amide bonds. The predicted molar refractivity (Wildman–Crippen MR) is 81.5 cm³/mol. The van der Waals surface area contributed by atoms with Gasteiger partial charge >= 0.3 is 6.09 Å². The number of nitrogens with one attached hydrogen (secondary N) is 1. The lowest BCUT2D eigenvalue weighted by Crippen LogP contribution is -2.27. The number of hydrogen-bond donors (Lipinski definition) is 1. The van der Waals surface area contributed by atoms with Crippen LogP contribution >= 0.6 is 15.9 Å². The fourth-order valence-corrected chi connectivity index (χ4v) is 2.26. The summed E-state index contributed by atoms with van der Waals surface area (Å²) in [4.78, 5) is 11.8. The quantitative estimate of drug-likeness (QED) is 0.807. The van der Waals surface area contributed by atoms with E-state index in [1.165, 1.54) is 0 Å². The van der Waals surface area contributed by atoms with Crippen LogP contribution in [-0.2, 0) is 4.74 Å². The molecule has 0 heterocycles. The van der Waals surface area contributed by atoms with Crippen molar-refractivity contribution in [3.05, 3.63) is 40.9 Å². The normalized spacial score (nSPS) is 11.4. The summed E-state index contributed by atoms with van der Waals surface area (Å²) < 4.78 is 6.26. The van der Waals surface area contributed by atoms with Gasteiger partial charge in [-0.05, 0) is 38.3 Å². The van der Waals surface area contributed by atoms with Gasteiger partial charge in [-0.15, -0.1) is 0 Å². The molecular weight excluding hydrogens is 306 g/mol. The van der Waals surface area contributed by atoms with Crippen molar-refractivity contribution in [3.8, 4) is 0 Å². The van der Waals surface area contributed by atoms with Gasteiger partial charge in [0.1, 0.15) is 5.60 Å². The van der Waals surface area contributed by atoms with Crippen molar-refractivity contribution in [2.75, 3.05) is 5.32 Å². The van der Waals surface area contributed by atoms with E-state index >= 15 is 0 Å². The van der Waals surface area contributed by atoms with Crippen LogP contribution in [0.4, 0.5) is 10.5 Å². The average molecular weight is 322 g/mol. The molecule has 3 nitrogen and oxygen atoms in total. The summed E-state index contributed by atoms with van der Waals surface area (Å²) in [7, 11) is 0. The van der Waals surface area contributed by atoms with Crippen molar-refractivity contribution >= 4 is 38.5 Å². The lowest BCUT2D eigenvalue weighted by atomic mass is 10.1. The predicted octanol–water partition coefficient (Wildman–Crippen LogP) is 4.95. The summed E-state index contributed by atoms with van der Waals surface area (Å²) in [5.41, 5.74) is 0.239. The number of carbonyl (C=O) groups is 1. The van der Waals surface area contributed by atoms with Gasteiger partial charge in [0.25, 0.3) is 0 Å². The van der Waals surface area contributed by atoms with E-state index in [4.69, 9.17) is 4.74 Å². The van der Waals surface area contributed by atoms with Crippen molar-refractivity contribution < 1.29 is 9.53 Å². The first kappa shape index (κ1) is 13.9. The molecule has 100 valence electrons. The maximum Gasteiger partial charge on any atom is 0.412 e. The molecule has 19 heavy (non-hydrogen) atoms. The second-order valence-electron chi connectivity index (χ2n) is 5.27. The van der Waals surface area contributed by atoms with Gasteiger partial charge in [0.05, 0.1) is 5.69 Å². The number of benzene rings is 2. The molecule has 0 aliphatic heterocycles. The Morgan fingerprint density at radius 2 is 1.74 bits per heavy atom. The van der Waals surface area contributed by atoms with Gasteiger partial charge < -0.3 is 4.74 Å². The van der Waals surface area contributed by atoms with Crippen LogP contribution < -0.4 is 5.32 Å². The first-order valence-electron chi connectivity index (χ1n) is 6.04. The Morgan fingerprint density at radius 1 is 1.11 bits per heavy atom. The van der Waals surface area contributed by atoms with Crippen LogP contribution in [0, 0.1) is 0 Å². The third-order valence-corrected chi connectivity index (χ3v) is 3.20. The minimum atomic E-state index is -0.505. The zero-order chi connectivity index (χ0) is 14.0. The van der Waals surface area contributed by atoms with Crippen molar-refractivity contribution in [2.45, 2.75) is 26.4 Å². The molecular formula is C15H16BrNO2. The first-order chi connectivity index (χ1) is 8.87. The topological polar surface area (TPSA) is 38.3 Å². The number of amides is 1. The van der Waals surface area contributed by atoms with Gasteiger partial charge in [-0.3, -0.25) is 5.32 Å². The minimum Gasteiger partial charge on any atom is -0.444 e. The van der Waals surface area contributed by atoms with Crippen LogP contribution in [0.1, 0.15) is 20.8 Å². The molecule has 0 saturated heterocycles. The standard InChI is InChI=1S/C15H16BrNO2/c1-15(2,3)19-14(18)17-13-9-8-12(16)10-6-4-5-7-11(10)13/h4-9H,1-3H3,(H,17,18). The zero-order valence-corrected chi connectivity index (χ0v) is 12.7. The average Bonchev–Trinajstić information content (AvgIpc) is 2.31. The van der Waals surface area contributed by atoms with Crippen molar-refractivity contribution in [1.29, 1.82) is 0 Å². The molecule has 0 bridgehead atoms. The van der Waals surface area contributed by atoms with Crippen LogP contribution in [0.3, 0.4) is 0 Å². The number of ether oxygens (including phenoxy) is 1. The molecule has 0 atom stereocenters. The number of rotatable bonds is 1. The van der Waals surface area contributed by atoms with Crippen LogP contribution in [0.15, 0.2) is 40.9 Å². The van der Waals surface area contributed by atoms with Gasteiger partial charge in [0, 0.05) is 9.86 Å². The summed E-state index contributed by atoms with van der Waals surface area (Å²) in [6.45, 7) is 5.52. The molecule has 2 aromatic carbocycles. The summed E-state index contributed by atoms with van der Waals surface area (Å²) >= 11 is 3.50. The minimum absolute atomic E-state index is 0.444. The van der Waals surface area contributed by atoms with Crippen LogP contribution in [0.25, 0.3) is 10.8 Å². The van der Waals surface area contributed by atoms with Crippen molar-refractivity contribution in [3.63, 3.8) is 0 Å². The number of carbonyl (C=O) groups excluding carboxylic acids is 1. The molecule has 0 aliphatic rings. The highest BCUT2D eigenvalue weighted by molar-refractivity contribution is 9.10. The maximum atomic E-state index is 11.8. The summed E-state index contributed by atoms with van der Waals surface area (Å²) in [5, 5.41) is 4.81. The lowest BCUT2D eigenvalue weighted by molar-refractivity contribution is 0.0636. The highest BCUT2D eigenvalue weighted by Gasteiger charge is 2.17. The van der Waals surface area contributed by atoms with E-state index in [0.29, 0.717) is 0 Å². The lowest BCUT2D eigenvalue weighted by Gasteiger charge is -2.20. The SMILES string of the molecule is CC(C)(C)OC(=O)Nc1ccc(Br)c2ccccc12. The third-order valence-electron chi connectivity index (χ3n) is 2.51. The molecule has 0 aromatic heterocycles. The van der Waals surface area contributed by atoms with Gasteiger partial charge in [0.15, 0.2) is 0 Å². The Balaban J connectivity index is 2.31. The Kier molecular flexibility index (Phi) is 3.80. The Morgan fingerprint density at radius 3 is 2.37 bits per heavy atom.